The normalized spacial score (nSPS) is 13.5. The molecule has 0 amide bonds. The van der Waals surface area contributed by atoms with Gasteiger partial charge in [-0.2, -0.15) is 0 Å². The monoisotopic (exact) mass is 306 g/mol. The highest BCUT2D eigenvalue weighted by Crippen LogP contribution is 2.17. The molecule has 1 atom stereocenters. The molecule has 0 aliphatic heterocycles. The predicted molar refractivity (Wildman–Crippen MR) is 61.5 cm³/mol. The molecule has 1 rings (SSSR count). The van der Waals surface area contributed by atoms with Crippen LogP contribution < -0.4 is 0 Å². The van der Waals surface area contributed by atoms with Crippen molar-refractivity contribution < 1.29 is 4.39 Å². The Balaban J connectivity index is 2.90. The maximum Gasteiger partial charge on any atom is 0.131 e. The summed E-state index contributed by atoms with van der Waals surface area (Å²) in [6, 6.07) is 5.02. The quantitative estimate of drug-likeness (QED) is 0.711. The van der Waals surface area contributed by atoms with Gasteiger partial charge in [-0.15, -0.1) is 0 Å². The predicted octanol–water partition coefficient (Wildman–Crippen LogP) is 4.38. The van der Waals surface area contributed by atoms with Crippen LogP contribution in [0.1, 0.15) is 12.5 Å². The van der Waals surface area contributed by atoms with E-state index in [2.05, 4.69) is 31.9 Å². The van der Waals surface area contributed by atoms with E-state index < -0.39 is 0 Å². The molecule has 0 N–H and O–H groups in total. The molecule has 0 spiro atoms. The van der Waals surface area contributed by atoms with Gasteiger partial charge in [0, 0.05) is 14.9 Å². The Labute approximate surface area is 94.1 Å². The van der Waals surface area contributed by atoms with E-state index in [1.54, 1.807) is 12.1 Å². The summed E-state index contributed by atoms with van der Waals surface area (Å²) >= 11 is 6.56. The smallest absolute Gasteiger partial charge is 0.131 e. The van der Waals surface area contributed by atoms with Crippen molar-refractivity contribution in [1.29, 1.82) is 0 Å². The zero-order chi connectivity index (χ0) is 9.84. The molecule has 0 bridgehead atoms. The molecule has 0 saturated carbocycles. The third kappa shape index (κ3) is 3.61. The van der Waals surface area contributed by atoms with Crippen molar-refractivity contribution in [2.24, 2.45) is 0 Å². The number of allylic oxidation sites excluding steroid dienone is 1. The lowest BCUT2D eigenvalue weighted by Gasteiger charge is -1.98. The van der Waals surface area contributed by atoms with Crippen LogP contribution in [0, 0.1) is 5.82 Å². The van der Waals surface area contributed by atoms with E-state index in [4.69, 9.17) is 0 Å². The van der Waals surface area contributed by atoms with Crippen LogP contribution in [0.2, 0.25) is 0 Å². The van der Waals surface area contributed by atoms with Crippen molar-refractivity contribution in [2.75, 3.05) is 0 Å². The lowest BCUT2D eigenvalue weighted by molar-refractivity contribution is 0.624. The lowest BCUT2D eigenvalue weighted by Crippen LogP contribution is -1.84. The molecule has 0 heterocycles. The Kier molecular flexibility index (Phi) is 4.13. The second-order valence-electron chi connectivity index (χ2n) is 2.70. The van der Waals surface area contributed by atoms with Crippen LogP contribution in [0.4, 0.5) is 4.39 Å². The number of hydrogen-bond acceptors (Lipinski definition) is 0. The van der Waals surface area contributed by atoms with Crippen LogP contribution in [-0.4, -0.2) is 4.83 Å². The molecule has 1 aromatic rings. The van der Waals surface area contributed by atoms with E-state index in [0.29, 0.717) is 5.56 Å². The lowest BCUT2D eigenvalue weighted by atomic mass is 10.2. The molecule has 13 heavy (non-hydrogen) atoms. The van der Waals surface area contributed by atoms with Crippen LogP contribution in [0.15, 0.2) is 28.7 Å². The summed E-state index contributed by atoms with van der Waals surface area (Å²) in [5.74, 6) is -0.209. The zero-order valence-electron chi connectivity index (χ0n) is 7.10. The van der Waals surface area contributed by atoms with Crippen molar-refractivity contribution in [3.8, 4) is 0 Å². The molecule has 0 nitrogen and oxygen atoms in total. The zero-order valence-corrected chi connectivity index (χ0v) is 10.3. The minimum absolute atomic E-state index is 0.209. The summed E-state index contributed by atoms with van der Waals surface area (Å²) in [4.78, 5) is 0.260. The van der Waals surface area contributed by atoms with Gasteiger partial charge in [-0.05, 0) is 19.1 Å². The first-order valence-electron chi connectivity index (χ1n) is 3.87. The Morgan fingerprint density at radius 3 is 2.69 bits per heavy atom. The number of alkyl halides is 1. The highest BCUT2D eigenvalue weighted by molar-refractivity contribution is 9.10. The highest BCUT2D eigenvalue weighted by atomic mass is 79.9. The average Bonchev–Trinajstić information content (AvgIpc) is 2.02. The van der Waals surface area contributed by atoms with Crippen LogP contribution in [0.5, 0.6) is 0 Å². The minimum atomic E-state index is -0.209. The van der Waals surface area contributed by atoms with Crippen molar-refractivity contribution in [2.45, 2.75) is 11.8 Å². The van der Waals surface area contributed by atoms with Gasteiger partial charge in [0.2, 0.25) is 0 Å². The van der Waals surface area contributed by atoms with E-state index in [9.17, 15) is 4.39 Å². The van der Waals surface area contributed by atoms with E-state index in [0.717, 1.165) is 4.47 Å². The minimum Gasteiger partial charge on any atom is -0.206 e. The van der Waals surface area contributed by atoms with Gasteiger partial charge in [0.1, 0.15) is 5.82 Å². The maximum absolute atomic E-state index is 13.2. The number of halogens is 3. The summed E-state index contributed by atoms with van der Waals surface area (Å²) in [7, 11) is 0. The Hall–Kier alpha value is -0.150. The van der Waals surface area contributed by atoms with Crippen LogP contribution in [0.25, 0.3) is 6.08 Å². The van der Waals surface area contributed by atoms with Crippen molar-refractivity contribution in [3.63, 3.8) is 0 Å². The molecular weight excluding hydrogens is 299 g/mol. The molecule has 0 saturated heterocycles. The van der Waals surface area contributed by atoms with Crippen molar-refractivity contribution in [1.82, 2.24) is 0 Å². The van der Waals surface area contributed by atoms with Crippen molar-refractivity contribution in [3.05, 3.63) is 40.1 Å². The van der Waals surface area contributed by atoms with Gasteiger partial charge in [-0.3, -0.25) is 0 Å². The molecule has 1 unspecified atom stereocenters. The van der Waals surface area contributed by atoms with Gasteiger partial charge in [-0.1, -0.05) is 50.1 Å². The standard InChI is InChI=1S/C10H9Br2F/c1-7(11)2-3-8-4-5-9(12)6-10(8)13/h2-7H,1H3/b3-2+. The average molecular weight is 308 g/mol. The number of benzene rings is 1. The SMILES string of the molecule is CC(Br)/C=C/c1ccc(Br)cc1F. The van der Waals surface area contributed by atoms with Gasteiger partial charge in [0.25, 0.3) is 0 Å². The summed E-state index contributed by atoms with van der Waals surface area (Å²) in [6.45, 7) is 1.98. The Morgan fingerprint density at radius 2 is 2.15 bits per heavy atom. The summed E-state index contributed by atoms with van der Waals surface area (Å²) in [5, 5.41) is 0. The van der Waals surface area contributed by atoms with E-state index in [1.807, 2.05) is 19.1 Å². The first-order chi connectivity index (χ1) is 6.09. The first kappa shape index (κ1) is 10.9. The van der Waals surface area contributed by atoms with Gasteiger partial charge in [0.05, 0.1) is 0 Å². The van der Waals surface area contributed by atoms with E-state index in [1.165, 1.54) is 6.07 Å². The summed E-state index contributed by atoms with van der Waals surface area (Å²) in [5.41, 5.74) is 0.606. The largest absolute Gasteiger partial charge is 0.206 e. The van der Waals surface area contributed by atoms with Crippen LogP contribution in [0.3, 0.4) is 0 Å². The molecule has 0 fully saturated rings. The molecular formula is C10H9Br2F. The topological polar surface area (TPSA) is 0 Å². The highest BCUT2D eigenvalue weighted by Gasteiger charge is 1.98. The fraction of sp³-hybridized carbons (Fsp3) is 0.200. The molecule has 0 aromatic heterocycles. The van der Waals surface area contributed by atoms with Crippen molar-refractivity contribution >= 4 is 37.9 Å². The van der Waals surface area contributed by atoms with Gasteiger partial charge in [0.15, 0.2) is 0 Å². The van der Waals surface area contributed by atoms with Gasteiger partial charge < -0.3 is 0 Å². The number of hydrogen-bond donors (Lipinski definition) is 0. The van der Waals surface area contributed by atoms with Crippen LogP contribution in [-0.2, 0) is 0 Å². The molecule has 3 heteroatoms. The molecule has 1 aromatic carbocycles. The Bertz CT molecular complexity index is 319. The second-order valence-corrected chi connectivity index (χ2v) is 5.06. The van der Waals surface area contributed by atoms with Gasteiger partial charge >= 0.3 is 0 Å². The van der Waals surface area contributed by atoms with E-state index in [-0.39, 0.29) is 10.6 Å². The molecule has 0 aliphatic carbocycles. The molecule has 0 aliphatic rings. The summed E-state index contributed by atoms with van der Waals surface area (Å²) < 4.78 is 14.0. The fourth-order valence-electron chi connectivity index (χ4n) is 0.873. The van der Waals surface area contributed by atoms with Crippen LogP contribution >= 0.6 is 31.9 Å². The molecule has 0 radical (unpaired) electrons. The Morgan fingerprint density at radius 1 is 1.46 bits per heavy atom. The third-order valence-electron chi connectivity index (χ3n) is 1.50. The van der Waals surface area contributed by atoms with E-state index >= 15 is 0 Å². The maximum atomic E-state index is 13.2. The number of rotatable bonds is 2. The fourth-order valence-corrected chi connectivity index (χ4v) is 1.36. The molecule has 70 valence electrons. The first-order valence-corrected chi connectivity index (χ1v) is 5.58. The second kappa shape index (κ2) is 4.91. The summed E-state index contributed by atoms with van der Waals surface area (Å²) in [6.07, 6.45) is 3.66. The van der Waals surface area contributed by atoms with Gasteiger partial charge in [-0.25, -0.2) is 4.39 Å². The third-order valence-corrected chi connectivity index (χ3v) is 2.30.